The van der Waals surface area contributed by atoms with Gasteiger partial charge >= 0.3 is 5.97 Å². The number of carboxylic acids is 1. The van der Waals surface area contributed by atoms with Crippen LogP contribution >= 0.6 is 0 Å². The van der Waals surface area contributed by atoms with Crippen molar-refractivity contribution in [2.45, 2.75) is 13.0 Å². The molecule has 0 aliphatic rings. The van der Waals surface area contributed by atoms with Crippen molar-refractivity contribution in [3.63, 3.8) is 0 Å². The second-order valence-electron chi connectivity index (χ2n) is 3.33. The predicted octanol–water partition coefficient (Wildman–Crippen LogP) is 0.671. The molecule has 0 spiro atoms. The fourth-order valence-corrected chi connectivity index (χ4v) is 1.29. The van der Waals surface area contributed by atoms with Crippen LogP contribution in [0.3, 0.4) is 0 Å². The van der Waals surface area contributed by atoms with E-state index >= 15 is 0 Å². The molecule has 1 aromatic heterocycles. The minimum atomic E-state index is -0.983. The number of aromatic carboxylic acids is 1. The van der Waals surface area contributed by atoms with E-state index in [4.69, 9.17) is 14.6 Å². The van der Waals surface area contributed by atoms with Crippen LogP contribution in [0.4, 0.5) is 0 Å². The molecule has 0 bridgehead atoms. The first-order chi connectivity index (χ1) is 7.66. The molecule has 0 fully saturated rings. The zero-order valence-corrected chi connectivity index (χ0v) is 9.47. The van der Waals surface area contributed by atoms with Crippen molar-refractivity contribution in [3.05, 3.63) is 17.5 Å². The number of aromatic nitrogens is 2. The number of methoxy groups -OCH3 is 1. The van der Waals surface area contributed by atoms with Gasteiger partial charge in [-0.05, 0) is 6.42 Å². The van der Waals surface area contributed by atoms with Gasteiger partial charge in [-0.3, -0.25) is 4.68 Å². The third-order valence-corrected chi connectivity index (χ3v) is 2.17. The van der Waals surface area contributed by atoms with Gasteiger partial charge in [0.1, 0.15) is 5.56 Å². The molecule has 90 valence electrons. The lowest BCUT2D eigenvalue weighted by Gasteiger charge is -2.05. The van der Waals surface area contributed by atoms with Crippen molar-refractivity contribution in [3.8, 4) is 0 Å². The molecule has 0 amide bonds. The lowest BCUT2D eigenvalue weighted by atomic mass is 10.2. The van der Waals surface area contributed by atoms with Gasteiger partial charge in [0.05, 0.1) is 18.5 Å². The van der Waals surface area contributed by atoms with Crippen molar-refractivity contribution in [1.29, 1.82) is 0 Å². The maximum Gasteiger partial charge on any atom is 0.339 e. The molecule has 0 aromatic carbocycles. The number of carboxylic acid groups (broad SMARTS) is 1. The summed E-state index contributed by atoms with van der Waals surface area (Å²) >= 11 is 0. The highest BCUT2D eigenvalue weighted by Crippen LogP contribution is 2.08. The number of nitrogens with zero attached hydrogens (tertiary/aromatic N) is 2. The van der Waals surface area contributed by atoms with Crippen LogP contribution < -0.4 is 0 Å². The van der Waals surface area contributed by atoms with Crippen LogP contribution in [-0.2, 0) is 23.1 Å². The molecule has 1 aromatic rings. The van der Waals surface area contributed by atoms with Crippen molar-refractivity contribution in [2.24, 2.45) is 7.05 Å². The van der Waals surface area contributed by atoms with Crippen LogP contribution in [0.15, 0.2) is 6.20 Å². The molecule has 0 atom stereocenters. The highest BCUT2D eigenvalue weighted by atomic mass is 16.5. The quantitative estimate of drug-likeness (QED) is 0.694. The van der Waals surface area contributed by atoms with Crippen molar-refractivity contribution >= 4 is 5.97 Å². The second kappa shape index (κ2) is 6.24. The summed E-state index contributed by atoms with van der Waals surface area (Å²) in [5.41, 5.74) is 0.763. The monoisotopic (exact) mass is 228 g/mol. The Balaban J connectivity index is 2.46. The number of rotatable bonds is 7. The standard InChI is InChI=1S/C10H16N2O4/c1-12-9(7-16-5-3-4-15-2)8(6-11-12)10(13)14/h6H,3-5,7H2,1-2H3,(H,13,14). The first-order valence-electron chi connectivity index (χ1n) is 4.97. The van der Waals surface area contributed by atoms with Gasteiger partial charge in [0.15, 0.2) is 0 Å². The summed E-state index contributed by atoms with van der Waals surface area (Å²) in [6.07, 6.45) is 2.12. The highest BCUT2D eigenvalue weighted by Gasteiger charge is 2.14. The minimum absolute atomic E-state index is 0.189. The Morgan fingerprint density at radius 2 is 2.31 bits per heavy atom. The first kappa shape index (κ1) is 12.7. The van der Waals surface area contributed by atoms with E-state index in [1.54, 1.807) is 14.2 Å². The third kappa shape index (κ3) is 3.32. The lowest BCUT2D eigenvalue weighted by Crippen LogP contribution is -2.08. The Kier molecular flexibility index (Phi) is 4.94. The van der Waals surface area contributed by atoms with E-state index in [1.807, 2.05) is 0 Å². The van der Waals surface area contributed by atoms with E-state index in [-0.39, 0.29) is 12.2 Å². The topological polar surface area (TPSA) is 73.6 Å². The normalized spacial score (nSPS) is 10.6. The van der Waals surface area contributed by atoms with E-state index in [0.717, 1.165) is 6.42 Å². The van der Waals surface area contributed by atoms with Crippen LogP contribution in [0.25, 0.3) is 0 Å². The third-order valence-electron chi connectivity index (χ3n) is 2.17. The van der Waals surface area contributed by atoms with Gasteiger partial charge in [-0.15, -0.1) is 0 Å². The predicted molar refractivity (Wildman–Crippen MR) is 56.3 cm³/mol. The second-order valence-corrected chi connectivity index (χ2v) is 3.33. The Morgan fingerprint density at radius 3 is 2.94 bits per heavy atom. The Hall–Kier alpha value is -1.40. The summed E-state index contributed by atoms with van der Waals surface area (Å²) in [5.74, 6) is -0.983. The van der Waals surface area contributed by atoms with Crippen LogP contribution in [0.1, 0.15) is 22.5 Å². The van der Waals surface area contributed by atoms with E-state index in [0.29, 0.717) is 18.9 Å². The number of aryl methyl sites for hydroxylation is 1. The molecule has 0 saturated carbocycles. The molecule has 6 nitrogen and oxygen atoms in total. The van der Waals surface area contributed by atoms with Gasteiger partial charge in [-0.25, -0.2) is 4.79 Å². The molecule has 1 N–H and O–H groups in total. The van der Waals surface area contributed by atoms with Gasteiger partial charge in [0, 0.05) is 27.4 Å². The number of hydrogen-bond donors (Lipinski definition) is 1. The zero-order valence-electron chi connectivity index (χ0n) is 9.47. The molecule has 1 heterocycles. The molecule has 16 heavy (non-hydrogen) atoms. The highest BCUT2D eigenvalue weighted by molar-refractivity contribution is 5.88. The first-order valence-corrected chi connectivity index (χ1v) is 4.97. The minimum Gasteiger partial charge on any atom is -0.478 e. The average molecular weight is 228 g/mol. The Labute approximate surface area is 93.8 Å². The van der Waals surface area contributed by atoms with Gasteiger partial charge in [-0.2, -0.15) is 5.10 Å². The van der Waals surface area contributed by atoms with E-state index in [1.165, 1.54) is 10.9 Å². The molecule has 0 radical (unpaired) electrons. The van der Waals surface area contributed by atoms with E-state index in [9.17, 15) is 4.79 Å². The van der Waals surface area contributed by atoms with Gasteiger partial charge in [0.25, 0.3) is 0 Å². The fraction of sp³-hybridized carbons (Fsp3) is 0.600. The molecule has 0 saturated heterocycles. The molecule has 1 rings (SSSR count). The molecular formula is C10H16N2O4. The van der Waals surface area contributed by atoms with Crippen molar-refractivity contribution < 1.29 is 19.4 Å². The summed E-state index contributed by atoms with van der Waals surface area (Å²) in [7, 11) is 3.32. The summed E-state index contributed by atoms with van der Waals surface area (Å²) in [6.45, 7) is 1.43. The maximum absolute atomic E-state index is 10.8. The Morgan fingerprint density at radius 1 is 1.56 bits per heavy atom. The SMILES string of the molecule is COCCCOCc1c(C(=O)O)cnn1C. The lowest BCUT2D eigenvalue weighted by molar-refractivity contribution is 0.0677. The van der Waals surface area contributed by atoms with Crippen LogP contribution in [0.2, 0.25) is 0 Å². The average Bonchev–Trinajstić information content (AvgIpc) is 2.60. The molecule has 0 aliphatic carbocycles. The number of hydrogen-bond acceptors (Lipinski definition) is 4. The fourth-order valence-electron chi connectivity index (χ4n) is 1.29. The van der Waals surface area contributed by atoms with Crippen LogP contribution in [0.5, 0.6) is 0 Å². The van der Waals surface area contributed by atoms with Gasteiger partial charge < -0.3 is 14.6 Å². The summed E-state index contributed by atoms with van der Waals surface area (Å²) < 4.78 is 11.7. The molecule has 0 unspecified atom stereocenters. The van der Waals surface area contributed by atoms with E-state index < -0.39 is 5.97 Å². The maximum atomic E-state index is 10.8. The van der Waals surface area contributed by atoms with Crippen LogP contribution in [0, 0.1) is 0 Å². The van der Waals surface area contributed by atoms with Gasteiger partial charge in [0.2, 0.25) is 0 Å². The van der Waals surface area contributed by atoms with Crippen LogP contribution in [-0.4, -0.2) is 41.2 Å². The molecular weight excluding hydrogens is 212 g/mol. The summed E-state index contributed by atoms with van der Waals surface area (Å²) in [6, 6.07) is 0. The van der Waals surface area contributed by atoms with Crippen molar-refractivity contribution in [1.82, 2.24) is 9.78 Å². The molecule has 0 aliphatic heterocycles. The molecule has 6 heteroatoms. The zero-order chi connectivity index (χ0) is 12.0. The Bertz CT molecular complexity index is 349. The summed E-state index contributed by atoms with van der Waals surface area (Å²) in [4.78, 5) is 10.8. The van der Waals surface area contributed by atoms with Gasteiger partial charge in [-0.1, -0.05) is 0 Å². The largest absolute Gasteiger partial charge is 0.478 e. The summed E-state index contributed by atoms with van der Waals surface area (Å²) in [5, 5.41) is 12.8. The van der Waals surface area contributed by atoms with E-state index in [2.05, 4.69) is 5.10 Å². The smallest absolute Gasteiger partial charge is 0.339 e. The number of ether oxygens (including phenoxy) is 2. The van der Waals surface area contributed by atoms with Crippen molar-refractivity contribution in [2.75, 3.05) is 20.3 Å². The number of carbonyl (C=O) groups is 1.